The first-order valence-corrected chi connectivity index (χ1v) is 18.0. The third-order valence-electron chi connectivity index (χ3n) is 9.01. The molecule has 5 atom stereocenters. The Balaban J connectivity index is 1.60. The number of nitrogens with two attached hydrogens (primary N) is 1. The molecule has 2 saturated heterocycles. The van der Waals surface area contributed by atoms with Crippen LogP contribution in [0.5, 0.6) is 0 Å². The molecule has 5 N–H and O–H groups in total. The van der Waals surface area contributed by atoms with Crippen molar-refractivity contribution >= 4 is 27.9 Å². The highest BCUT2D eigenvalue weighted by Crippen LogP contribution is 2.36. The zero-order chi connectivity index (χ0) is 34.9. The monoisotopic (exact) mass is 690 g/mol. The molecule has 2 aliphatic rings. The van der Waals surface area contributed by atoms with E-state index in [0.717, 1.165) is 5.56 Å². The summed E-state index contributed by atoms with van der Waals surface area (Å²) in [4.78, 5) is 25.9. The Labute approximate surface area is 283 Å². The molecule has 2 aromatic rings. The van der Waals surface area contributed by atoms with Gasteiger partial charge in [-0.3, -0.25) is 4.90 Å². The van der Waals surface area contributed by atoms with Crippen LogP contribution in [-0.2, 0) is 30.7 Å². The quantitative estimate of drug-likeness (QED) is 0.140. The second-order valence-electron chi connectivity index (χ2n) is 13.2. The van der Waals surface area contributed by atoms with Crippen molar-refractivity contribution in [3.8, 4) is 0 Å². The third kappa shape index (κ3) is 9.82. The van der Waals surface area contributed by atoms with Crippen LogP contribution in [0, 0.1) is 11.3 Å². The van der Waals surface area contributed by atoms with E-state index in [4.69, 9.17) is 19.9 Å². The summed E-state index contributed by atoms with van der Waals surface area (Å²) in [7, 11) is -4.15. The van der Waals surface area contributed by atoms with Gasteiger partial charge in [-0.15, -0.1) is 0 Å². The zero-order valence-electron chi connectivity index (χ0n) is 28.0. The number of carboxylic acid groups (broad SMARTS) is 1. The highest BCUT2D eigenvalue weighted by Gasteiger charge is 2.49. The maximum atomic E-state index is 14.2. The molecule has 0 bridgehead atoms. The molecule has 13 nitrogen and oxygen atoms in total. The second kappa shape index (κ2) is 16.8. The number of sulfonamides is 1. The van der Waals surface area contributed by atoms with Gasteiger partial charge in [-0.25, -0.2) is 18.0 Å². The standard InChI is InChI=1S/C34H50N4O9S/c1-4-45-32(40)36-18-9-8-17-34(2,3)23-37(48(43,44)26-14-12-25(35)13-15-26)21-30(39)28(20-24-10-6-5-7-11-24)38(33(41)42)29-22-47-31-27(29)16-19-46-31/h5-7,10-15,27-31,39H,4,8-9,16-23,35H2,1-3H3,(H,36,40)(H,41,42)/t27-,28+,29-,30-,31+/m1/s1. The van der Waals surface area contributed by atoms with Crippen LogP contribution in [-0.4, -0.2) is 104 Å². The summed E-state index contributed by atoms with van der Waals surface area (Å²) in [5.41, 5.74) is 6.52. The average molecular weight is 691 g/mol. The number of alkyl carbamates (subject to hydrolysis) is 1. The lowest BCUT2D eigenvalue weighted by Gasteiger charge is -2.40. The number of aliphatic hydroxyl groups is 1. The molecule has 0 unspecified atom stereocenters. The zero-order valence-corrected chi connectivity index (χ0v) is 28.8. The Kier molecular flexibility index (Phi) is 13.1. The molecule has 266 valence electrons. The molecular weight excluding hydrogens is 640 g/mol. The molecule has 0 radical (unpaired) electrons. The number of nitrogens with one attached hydrogen (secondary N) is 1. The van der Waals surface area contributed by atoms with Gasteiger partial charge in [0.05, 0.1) is 42.9 Å². The Morgan fingerprint density at radius 2 is 1.81 bits per heavy atom. The fourth-order valence-electron chi connectivity index (χ4n) is 6.56. The van der Waals surface area contributed by atoms with Crippen LogP contribution in [0.4, 0.5) is 15.3 Å². The number of nitrogens with zero attached hydrogens (tertiary/aromatic N) is 2. The molecule has 0 spiro atoms. The Hall–Kier alpha value is -3.43. The van der Waals surface area contributed by atoms with E-state index in [1.807, 2.05) is 44.2 Å². The van der Waals surface area contributed by atoms with E-state index in [0.29, 0.717) is 44.5 Å². The van der Waals surface area contributed by atoms with E-state index in [2.05, 4.69) is 5.32 Å². The number of carbonyl (C=O) groups is 2. The van der Waals surface area contributed by atoms with Crippen molar-refractivity contribution in [1.29, 1.82) is 0 Å². The van der Waals surface area contributed by atoms with Crippen molar-refractivity contribution in [3.05, 3.63) is 60.2 Å². The van der Waals surface area contributed by atoms with Crippen LogP contribution in [0.1, 0.15) is 52.0 Å². The fraction of sp³-hybridized carbons (Fsp3) is 0.588. The SMILES string of the molecule is CCOC(=O)NCCCCC(C)(C)CN(C[C@@H](O)[C@H](Cc1ccccc1)N(C(=O)O)[C@@H]1CO[C@@H]2OCC[C@@H]21)S(=O)(=O)c1ccc(N)cc1. The maximum Gasteiger partial charge on any atom is 0.407 e. The van der Waals surface area contributed by atoms with Crippen molar-refractivity contribution in [3.63, 3.8) is 0 Å². The summed E-state index contributed by atoms with van der Waals surface area (Å²) < 4.78 is 46.0. The van der Waals surface area contributed by atoms with Gasteiger partial charge in [0.15, 0.2) is 6.29 Å². The van der Waals surface area contributed by atoms with Gasteiger partial charge in [-0.2, -0.15) is 4.31 Å². The summed E-state index contributed by atoms with van der Waals surface area (Å²) in [6, 6.07) is 13.6. The van der Waals surface area contributed by atoms with Crippen LogP contribution in [0.25, 0.3) is 0 Å². The number of benzene rings is 2. The van der Waals surface area contributed by atoms with Crippen LogP contribution in [0.2, 0.25) is 0 Å². The van der Waals surface area contributed by atoms with E-state index in [1.54, 1.807) is 6.92 Å². The van der Waals surface area contributed by atoms with Crippen LogP contribution >= 0.6 is 0 Å². The maximum absolute atomic E-state index is 14.2. The Bertz CT molecular complexity index is 1440. The van der Waals surface area contributed by atoms with Gasteiger partial charge in [0.1, 0.15) is 0 Å². The minimum absolute atomic E-state index is 0.0168. The number of hydrogen-bond donors (Lipinski definition) is 4. The number of unbranched alkanes of at least 4 members (excludes halogenated alkanes) is 1. The van der Waals surface area contributed by atoms with Gasteiger partial charge >= 0.3 is 12.2 Å². The molecular formula is C34H50N4O9S. The second-order valence-corrected chi connectivity index (χ2v) is 15.2. The van der Waals surface area contributed by atoms with Crippen LogP contribution in [0.3, 0.4) is 0 Å². The number of rotatable bonds is 17. The van der Waals surface area contributed by atoms with E-state index < -0.39 is 52.1 Å². The molecule has 2 fully saturated rings. The van der Waals surface area contributed by atoms with Crippen LogP contribution < -0.4 is 11.1 Å². The van der Waals surface area contributed by atoms with Crippen molar-refractivity contribution in [2.75, 3.05) is 45.2 Å². The minimum atomic E-state index is -4.15. The number of ether oxygens (including phenoxy) is 3. The number of amides is 2. The lowest BCUT2D eigenvalue weighted by atomic mass is 9.87. The van der Waals surface area contributed by atoms with E-state index in [-0.39, 0.29) is 43.5 Å². The molecule has 14 heteroatoms. The Morgan fingerprint density at radius 1 is 1.10 bits per heavy atom. The largest absolute Gasteiger partial charge is 0.465 e. The highest BCUT2D eigenvalue weighted by atomic mass is 32.2. The van der Waals surface area contributed by atoms with E-state index in [9.17, 15) is 28.2 Å². The van der Waals surface area contributed by atoms with E-state index in [1.165, 1.54) is 33.5 Å². The van der Waals surface area contributed by atoms with E-state index >= 15 is 0 Å². The van der Waals surface area contributed by atoms with Gasteiger partial charge in [0, 0.05) is 31.2 Å². The first-order valence-electron chi connectivity index (χ1n) is 16.5. The minimum Gasteiger partial charge on any atom is -0.465 e. The number of hydrogen-bond acceptors (Lipinski definition) is 9. The van der Waals surface area contributed by atoms with Crippen molar-refractivity contribution in [2.24, 2.45) is 11.3 Å². The summed E-state index contributed by atoms with van der Waals surface area (Å²) >= 11 is 0. The molecule has 2 aliphatic heterocycles. The Morgan fingerprint density at radius 3 is 2.48 bits per heavy atom. The first kappa shape index (κ1) is 37.4. The topological polar surface area (TPSA) is 181 Å². The lowest BCUT2D eigenvalue weighted by molar-refractivity contribution is -0.0906. The molecule has 0 aliphatic carbocycles. The van der Waals surface area contributed by atoms with Crippen molar-refractivity contribution in [1.82, 2.24) is 14.5 Å². The number of fused-ring (bicyclic) bond motifs is 1. The van der Waals surface area contributed by atoms with Gasteiger partial charge in [0.25, 0.3) is 0 Å². The smallest absolute Gasteiger partial charge is 0.407 e. The predicted octanol–water partition coefficient (Wildman–Crippen LogP) is 3.92. The third-order valence-corrected chi connectivity index (χ3v) is 10.8. The summed E-state index contributed by atoms with van der Waals surface area (Å²) in [5.74, 6) is -0.196. The average Bonchev–Trinajstić information content (AvgIpc) is 3.66. The molecule has 0 aromatic heterocycles. The van der Waals surface area contributed by atoms with Gasteiger partial charge in [0.2, 0.25) is 10.0 Å². The van der Waals surface area contributed by atoms with Crippen molar-refractivity contribution in [2.45, 2.75) is 82.2 Å². The number of carbonyl (C=O) groups excluding carboxylic acids is 1. The molecule has 2 amide bonds. The number of anilines is 1. The van der Waals surface area contributed by atoms with Crippen molar-refractivity contribution < 1.29 is 42.4 Å². The molecule has 4 rings (SSSR count). The lowest BCUT2D eigenvalue weighted by Crippen LogP contribution is -2.58. The molecule has 0 saturated carbocycles. The number of nitrogen functional groups attached to an aromatic ring is 1. The first-order chi connectivity index (χ1) is 22.8. The summed E-state index contributed by atoms with van der Waals surface area (Å²) in [5, 5.41) is 25.3. The predicted molar refractivity (Wildman–Crippen MR) is 180 cm³/mol. The van der Waals surface area contributed by atoms with Gasteiger partial charge in [-0.1, -0.05) is 50.6 Å². The fourth-order valence-corrected chi connectivity index (χ4v) is 8.21. The van der Waals surface area contributed by atoms with Crippen LogP contribution in [0.15, 0.2) is 59.5 Å². The normalized spacial score (nSPS) is 20.6. The highest BCUT2D eigenvalue weighted by molar-refractivity contribution is 7.89. The van der Waals surface area contributed by atoms with Gasteiger partial charge < -0.3 is 35.5 Å². The summed E-state index contributed by atoms with van der Waals surface area (Å²) in [6.07, 6.45) is -0.834. The summed E-state index contributed by atoms with van der Waals surface area (Å²) in [6.45, 7) is 6.61. The van der Waals surface area contributed by atoms with Gasteiger partial charge in [-0.05, 0) is 67.9 Å². The molecule has 2 aromatic carbocycles. The molecule has 2 heterocycles. The molecule has 48 heavy (non-hydrogen) atoms. The number of aliphatic hydroxyl groups excluding tert-OH is 1.